The molecule has 0 saturated carbocycles. The standard InChI is InChI=1S/C20H24N6O2/c1-27-13-11-23-18-16(4-2-8-22-18)19-24-20(28-25-19)17-5-3-12-26(17)14-15-6-9-21-10-7-15/h2,4,6-10,17H,3,5,11-14H2,1H3,(H,22,23). The van der Waals surface area contributed by atoms with Gasteiger partial charge in [0.2, 0.25) is 11.7 Å². The predicted molar refractivity (Wildman–Crippen MR) is 105 cm³/mol. The lowest BCUT2D eigenvalue weighted by atomic mass is 10.2. The molecule has 0 amide bonds. The maximum Gasteiger partial charge on any atom is 0.244 e. The Morgan fingerprint density at radius 2 is 2.14 bits per heavy atom. The van der Waals surface area contributed by atoms with Crippen molar-refractivity contribution >= 4 is 5.82 Å². The number of methoxy groups -OCH3 is 1. The van der Waals surface area contributed by atoms with Crippen LogP contribution in [-0.2, 0) is 11.3 Å². The molecule has 3 aromatic heterocycles. The van der Waals surface area contributed by atoms with Gasteiger partial charge in [-0.15, -0.1) is 0 Å². The van der Waals surface area contributed by atoms with E-state index in [0.29, 0.717) is 24.9 Å². The van der Waals surface area contributed by atoms with Gasteiger partial charge in [-0.1, -0.05) is 5.16 Å². The summed E-state index contributed by atoms with van der Waals surface area (Å²) in [5, 5.41) is 7.49. The number of hydrogen-bond donors (Lipinski definition) is 1. The minimum atomic E-state index is 0.135. The molecule has 4 rings (SSSR count). The van der Waals surface area contributed by atoms with E-state index < -0.39 is 0 Å². The van der Waals surface area contributed by atoms with E-state index in [1.165, 1.54) is 5.56 Å². The number of nitrogens with zero attached hydrogens (tertiary/aromatic N) is 5. The summed E-state index contributed by atoms with van der Waals surface area (Å²) in [6, 6.07) is 8.04. The molecule has 1 fully saturated rings. The fourth-order valence-corrected chi connectivity index (χ4v) is 3.50. The molecule has 1 aliphatic rings. The first-order valence-corrected chi connectivity index (χ1v) is 9.50. The van der Waals surface area contributed by atoms with Gasteiger partial charge in [0.05, 0.1) is 18.2 Å². The van der Waals surface area contributed by atoms with Crippen LogP contribution in [0.15, 0.2) is 47.4 Å². The topological polar surface area (TPSA) is 89.2 Å². The van der Waals surface area contributed by atoms with Crippen LogP contribution in [0.1, 0.15) is 30.3 Å². The van der Waals surface area contributed by atoms with Crippen LogP contribution in [-0.4, -0.2) is 51.8 Å². The molecule has 1 aliphatic heterocycles. The van der Waals surface area contributed by atoms with Crippen molar-refractivity contribution in [2.45, 2.75) is 25.4 Å². The van der Waals surface area contributed by atoms with Gasteiger partial charge in [-0.2, -0.15) is 4.98 Å². The summed E-state index contributed by atoms with van der Waals surface area (Å²) < 4.78 is 10.7. The third-order valence-electron chi connectivity index (χ3n) is 4.87. The molecule has 1 saturated heterocycles. The van der Waals surface area contributed by atoms with Gasteiger partial charge in [-0.05, 0) is 49.2 Å². The Morgan fingerprint density at radius 1 is 1.25 bits per heavy atom. The summed E-state index contributed by atoms with van der Waals surface area (Å²) in [4.78, 5) is 15.6. The van der Waals surface area contributed by atoms with Gasteiger partial charge in [0, 0.05) is 38.8 Å². The lowest BCUT2D eigenvalue weighted by Gasteiger charge is -2.21. The summed E-state index contributed by atoms with van der Waals surface area (Å²) >= 11 is 0. The van der Waals surface area contributed by atoms with Crippen molar-refractivity contribution in [1.29, 1.82) is 0 Å². The lowest BCUT2D eigenvalue weighted by molar-refractivity contribution is 0.201. The SMILES string of the molecule is COCCNc1ncccc1-c1noc(C2CCCN2Cc2ccncc2)n1. The Hall–Kier alpha value is -2.84. The number of nitrogens with one attached hydrogen (secondary N) is 1. The van der Waals surface area contributed by atoms with Crippen molar-refractivity contribution in [1.82, 2.24) is 25.0 Å². The molecule has 3 aromatic rings. The maximum atomic E-state index is 5.66. The highest BCUT2D eigenvalue weighted by Gasteiger charge is 2.31. The highest BCUT2D eigenvalue weighted by molar-refractivity contribution is 5.69. The average Bonchev–Trinajstić information content (AvgIpc) is 3.39. The van der Waals surface area contributed by atoms with Gasteiger partial charge in [0.1, 0.15) is 5.82 Å². The molecule has 0 radical (unpaired) electrons. The maximum absolute atomic E-state index is 5.66. The fourth-order valence-electron chi connectivity index (χ4n) is 3.50. The first-order valence-electron chi connectivity index (χ1n) is 9.50. The highest BCUT2D eigenvalue weighted by Crippen LogP contribution is 2.33. The van der Waals surface area contributed by atoms with Gasteiger partial charge in [0.25, 0.3) is 0 Å². The molecule has 1 N–H and O–H groups in total. The van der Waals surface area contributed by atoms with Crippen molar-refractivity contribution in [3.8, 4) is 11.4 Å². The number of anilines is 1. The monoisotopic (exact) mass is 380 g/mol. The van der Waals surface area contributed by atoms with Crippen LogP contribution < -0.4 is 5.32 Å². The van der Waals surface area contributed by atoms with E-state index in [9.17, 15) is 0 Å². The summed E-state index contributed by atoms with van der Waals surface area (Å²) in [6.45, 7) is 3.12. The second-order valence-electron chi connectivity index (χ2n) is 6.76. The number of hydrogen-bond acceptors (Lipinski definition) is 8. The Balaban J connectivity index is 1.51. The van der Waals surface area contributed by atoms with Gasteiger partial charge in [-0.3, -0.25) is 9.88 Å². The van der Waals surface area contributed by atoms with Gasteiger partial charge >= 0.3 is 0 Å². The summed E-state index contributed by atoms with van der Waals surface area (Å²) in [5.41, 5.74) is 2.06. The zero-order valence-electron chi connectivity index (χ0n) is 15.9. The molecule has 1 atom stereocenters. The van der Waals surface area contributed by atoms with E-state index in [1.807, 2.05) is 36.7 Å². The van der Waals surface area contributed by atoms with E-state index in [1.54, 1.807) is 13.3 Å². The zero-order valence-corrected chi connectivity index (χ0v) is 15.9. The van der Waals surface area contributed by atoms with Crippen LogP contribution in [0.5, 0.6) is 0 Å². The summed E-state index contributed by atoms with van der Waals surface area (Å²) in [6.07, 6.45) is 7.52. The second-order valence-corrected chi connectivity index (χ2v) is 6.76. The molecule has 0 aliphatic carbocycles. The van der Waals surface area contributed by atoms with Crippen LogP contribution >= 0.6 is 0 Å². The minimum absolute atomic E-state index is 0.135. The number of pyridine rings is 2. The Bertz CT molecular complexity index is 885. The molecular weight excluding hydrogens is 356 g/mol. The van der Waals surface area contributed by atoms with E-state index in [0.717, 1.165) is 37.3 Å². The van der Waals surface area contributed by atoms with Crippen molar-refractivity contribution < 1.29 is 9.26 Å². The van der Waals surface area contributed by atoms with E-state index in [-0.39, 0.29) is 6.04 Å². The van der Waals surface area contributed by atoms with Gasteiger partial charge < -0.3 is 14.6 Å². The number of aromatic nitrogens is 4. The van der Waals surface area contributed by atoms with Gasteiger partial charge in [0.15, 0.2) is 0 Å². The first kappa shape index (κ1) is 18.5. The quantitative estimate of drug-likeness (QED) is 0.597. The third kappa shape index (κ3) is 4.18. The second kappa shape index (κ2) is 8.90. The highest BCUT2D eigenvalue weighted by atomic mass is 16.5. The molecule has 0 spiro atoms. The zero-order chi connectivity index (χ0) is 19.2. The van der Waals surface area contributed by atoms with Gasteiger partial charge in [-0.25, -0.2) is 4.98 Å². The summed E-state index contributed by atoms with van der Waals surface area (Å²) in [7, 11) is 1.67. The number of rotatable bonds is 8. The van der Waals surface area contributed by atoms with Crippen LogP contribution in [0.4, 0.5) is 5.82 Å². The van der Waals surface area contributed by atoms with E-state index in [2.05, 4.69) is 25.3 Å². The molecule has 1 unspecified atom stereocenters. The van der Waals surface area contributed by atoms with Crippen LogP contribution in [0.25, 0.3) is 11.4 Å². The average molecular weight is 380 g/mol. The van der Waals surface area contributed by atoms with Crippen molar-refractivity contribution in [2.75, 3.05) is 32.1 Å². The van der Waals surface area contributed by atoms with Crippen molar-refractivity contribution in [3.63, 3.8) is 0 Å². The van der Waals surface area contributed by atoms with E-state index >= 15 is 0 Å². The Morgan fingerprint density at radius 3 is 3.00 bits per heavy atom. The molecular formula is C20H24N6O2. The van der Waals surface area contributed by atoms with Crippen LogP contribution in [0.2, 0.25) is 0 Å². The lowest BCUT2D eigenvalue weighted by Crippen LogP contribution is -2.23. The molecule has 8 nitrogen and oxygen atoms in total. The van der Waals surface area contributed by atoms with Crippen LogP contribution in [0.3, 0.4) is 0 Å². The third-order valence-corrected chi connectivity index (χ3v) is 4.87. The minimum Gasteiger partial charge on any atom is -0.383 e. The normalized spacial score (nSPS) is 17.1. The predicted octanol–water partition coefficient (Wildman–Crippen LogP) is 2.92. The van der Waals surface area contributed by atoms with Crippen molar-refractivity contribution in [3.05, 3.63) is 54.3 Å². The number of ether oxygens (including phenoxy) is 1. The molecule has 0 aromatic carbocycles. The largest absolute Gasteiger partial charge is 0.383 e. The summed E-state index contributed by atoms with van der Waals surface area (Å²) in [5.74, 6) is 1.94. The molecule has 146 valence electrons. The fraction of sp³-hybridized carbons (Fsp3) is 0.400. The van der Waals surface area contributed by atoms with Crippen molar-refractivity contribution in [2.24, 2.45) is 0 Å². The molecule has 0 bridgehead atoms. The molecule has 28 heavy (non-hydrogen) atoms. The Labute approximate surface area is 164 Å². The first-order chi connectivity index (χ1) is 13.8. The molecule has 8 heteroatoms. The Kier molecular flexibility index (Phi) is 5.89. The van der Waals surface area contributed by atoms with Crippen LogP contribution in [0, 0.1) is 0 Å². The van der Waals surface area contributed by atoms with E-state index in [4.69, 9.17) is 14.2 Å². The molecule has 4 heterocycles. The smallest absolute Gasteiger partial charge is 0.244 e. The number of likely N-dealkylation sites (tertiary alicyclic amines) is 1.